The van der Waals surface area contributed by atoms with Crippen LogP contribution >= 0.6 is 15.9 Å². The molecule has 0 saturated heterocycles. The lowest BCUT2D eigenvalue weighted by Gasteiger charge is -2.03. The number of hydrogen-bond donors (Lipinski definition) is 1. The summed E-state index contributed by atoms with van der Waals surface area (Å²) in [5, 5.41) is 4.22. The molecule has 0 aliphatic rings. The Hall–Kier alpha value is -1.34. The molecule has 5 nitrogen and oxygen atoms in total. The molecule has 1 aromatic carbocycles. The van der Waals surface area contributed by atoms with Crippen molar-refractivity contribution in [3.05, 3.63) is 28.7 Å². The lowest BCUT2D eigenvalue weighted by atomic mass is 10.1. The van der Waals surface area contributed by atoms with Crippen LogP contribution in [0.3, 0.4) is 0 Å². The summed E-state index contributed by atoms with van der Waals surface area (Å²) < 4.78 is 25.4. The number of sulfone groups is 1. The zero-order valence-corrected chi connectivity index (χ0v) is 12.3. The molecule has 2 aromatic rings. The molecule has 2 rings (SSSR count). The van der Waals surface area contributed by atoms with Crippen LogP contribution in [0.5, 0.6) is 0 Å². The maximum Gasteiger partial charge on any atom is 0.175 e. The molecule has 0 bridgehead atoms. The number of anilines is 1. The lowest BCUT2D eigenvalue weighted by Crippen LogP contribution is -1.98. The number of nitrogens with two attached hydrogens (primary N) is 1. The molecular weight excluding hydrogens is 318 g/mol. The standard InChI is InChI=1S/C11H12BrN3O2S/c1-15-11(13)6-10(14-15)7-3-8(12)5-9(4-7)18(2,16)17/h3-6H,13H2,1-2H3. The molecule has 96 valence electrons. The Balaban J connectivity index is 2.62. The number of halogens is 1. The van der Waals surface area contributed by atoms with E-state index < -0.39 is 9.84 Å². The second-order valence-corrected chi connectivity index (χ2v) is 6.96. The first-order valence-corrected chi connectivity index (χ1v) is 7.76. The van der Waals surface area contributed by atoms with Crippen molar-refractivity contribution >= 4 is 31.6 Å². The van der Waals surface area contributed by atoms with Gasteiger partial charge >= 0.3 is 0 Å². The van der Waals surface area contributed by atoms with Crippen molar-refractivity contribution in [2.24, 2.45) is 7.05 Å². The summed E-state index contributed by atoms with van der Waals surface area (Å²) in [6, 6.07) is 6.65. The van der Waals surface area contributed by atoms with E-state index in [4.69, 9.17) is 5.73 Å². The van der Waals surface area contributed by atoms with Crippen LogP contribution in [0.15, 0.2) is 33.6 Å². The Morgan fingerprint density at radius 3 is 2.44 bits per heavy atom. The molecule has 0 saturated carbocycles. The zero-order valence-electron chi connectivity index (χ0n) is 9.88. The van der Waals surface area contributed by atoms with Crippen LogP contribution in [-0.4, -0.2) is 24.5 Å². The number of nitrogens with zero attached hydrogens (tertiary/aromatic N) is 2. The normalized spacial score (nSPS) is 11.7. The van der Waals surface area contributed by atoms with Gasteiger partial charge < -0.3 is 5.73 Å². The van der Waals surface area contributed by atoms with Crippen LogP contribution in [0, 0.1) is 0 Å². The predicted octanol–water partition coefficient (Wildman–Crippen LogP) is 1.84. The van der Waals surface area contributed by atoms with Crippen molar-refractivity contribution in [1.82, 2.24) is 9.78 Å². The van der Waals surface area contributed by atoms with Gasteiger partial charge in [0.05, 0.1) is 10.6 Å². The van der Waals surface area contributed by atoms with E-state index in [1.807, 2.05) is 0 Å². The molecule has 0 aliphatic carbocycles. The topological polar surface area (TPSA) is 78.0 Å². The van der Waals surface area contributed by atoms with Gasteiger partial charge in [0.1, 0.15) is 5.82 Å². The minimum absolute atomic E-state index is 0.246. The van der Waals surface area contributed by atoms with Gasteiger partial charge in [0.25, 0.3) is 0 Å². The van der Waals surface area contributed by atoms with Gasteiger partial charge in [-0.05, 0) is 18.2 Å². The number of aromatic nitrogens is 2. The number of aryl methyl sites for hydroxylation is 1. The van der Waals surface area contributed by atoms with Crippen molar-refractivity contribution in [3.63, 3.8) is 0 Å². The van der Waals surface area contributed by atoms with Crippen molar-refractivity contribution in [1.29, 1.82) is 0 Å². The summed E-state index contributed by atoms with van der Waals surface area (Å²) in [7, 11) is -1.52. The fraction of sp³-hybridized carbons (Fsp3) is 0.182. The van der Waals surface area contributed by atoms with E-state index in [1.54, 1.807) is 31.3 Å². The highest BCUT2D eigenvalue weighted by Crippen LogP contribution is 2.27. The second-order valence-electron chi connectivity index (χ2n) is 4.03. The molecule has 2 N–H and O–H groups in total. The van der Waals surface area contributed by atoms with Crippen LogP contribution in [-0.2, 0) is 16.9 Å². The molecule has 1 aromatic heterocycles. The van der Waals surface area contributed by atoms with Crippen LogP contribution in [0.25, 0.3) is 11.3 Å². The van der Waals surface area contributed by atoms with E-state index in [0.717, 1.165) is 0 Å². The monoisotopic (exact) mass is 329 g/mol. The van der Waals surface area contributed by atoms with Gasteiger partial charge in [0.15, 0.2) is 9.84 Å². The maximum absolute atomic E-state index is 11.6. The van der Waals surface area contributed by atoms with Gasteiger partial charge in [0, 0.05) is 29.4 Å². The van der Waals surface area contributed by atoms with Gasteiger partial charge in [-0.3, -0.25) is 4.68 Å². The molecule has 1 heterocycles. The first-order chi connectivity index (χ1) is 8.27. The molecule has 7 heteroatoms. The average molecular weight is 330 g/mol. The Kier molecular flexibility index (Phi) is 3.20. The zero-order chi connectivity index (χ0) is 13.5. The highest BCUT2D eigenvalue weighted by Gasteiger charge is 2.12. The average Bonchev–Trinajstić information content (AvgIpc) is 2.57. The van der Waals surface area contributed by atoms with Gasteiger partial charge in [-0.25, -0.2) is 8.42 Å². The fourth-order valence-electron chi connectivity index (χ4n) is 1.55. The van der Waals surface area contributed by atoms with Crippen molar-refractivity contribution in [2.75, 3.05) is 12.0 Å². The third-order valence-corrected chi connectivity index (χ3v) is 4.06. The molecule has 0 fully saturated rings. The fourth-order valence-corrected chi connectivity index (χ4v) is 2.87. The highest BCUT2D eigenvalue weighted by atomic mass is 79.9. The smallest absolute Gasteiger partial charge is 0.175 e. The number of rotatable bonds is 2. The minimum atomic E-state index is -3.25. The SMILES string of the molecule is Cn1nc(-c2cc(Br)cc(S(C)(=O)=O)c2)cc1N. The van der Waals surface area contributed by atoms with E-state index in [2.05, 4.69) is 21.0 Å². The second kappa shape index (κ2) is 4.40. The first kappa shape index (κ1) is 13.1. The molecule has 0 spiro atoms. The third kappa shape index (κ3) is 2.56. The van der Waals surface area contributed by atoms with Crippen molar-refractivity contribution in [3.8, 4) is 11.3 Å². The summed E-state index contributed by atoms with van der Waals surface area (Å²) in [6.45, 7) is 0. The number of benzene rings is 1. The summed E-state index contributed by atoms with van der Waals surface area (Å²) in [5.74, 6) is 0.519. The van der Waals surface area contributed by atoms with Gasteiger partial charge in [-0.2, -0.15) is 5.10 Å². The Labute approximate surface area is 114 Å². The van der Waals surface area contributed by atoms with Gasteiger partial charge in [0.2, 0.25) is 0 Å². The number of hydrogen-bond acceptors (Lipinski definition) is 4. The molecular formula is C11H12BrN3O2S. The van der Waals surface area contributed by atoms with Gasteiger partial charge in [-0.1, -0.05) is 15.9 Å². The van der Waals surface area contributed by atoms with Crippen LogP contribution in [0.1, 0.15) is 0 Å². The summed E-state index contributed by atoms with van der Waals surface area (Å²) in [6.07, 6.45) is 1.17. The van der Waals surface area contributed by atoms with E-state index in [1.165, 1.54) is 10.9 Å². The third-order valence-electron chi connectivity index (χ3n) is 2.51. The predicted molar refractivity (Wildman–Crippen MR) is 73.9 cm³/mol. The van der Waals surface area contributed by atoms with E-state index in [0.29, 0.717) is 21.5 Å². The Bertz CT molecular complexity index is 688. The molecule has 0 amide bonds. The van der Waals surface area contributed by atoms with Crippen molar-refractivity contribution in [2.45, 2.75) is 4.90 Å². The Morgan fingerprint density at radius 1 is 1.28 bits per heavy atom. The summed E-state index contributed by atoms with van der Waals surface area (Å²) in [5.41, 5.74) is 7.06. The van der Waals surface area contributed by atoms with Crippen LogP contribution in [0.2, 0.25) is 0 Å². The number of nitrogen functional groups attached to an aromatic ring is 1. The van der Waals surface area contributed by atoms with Crippen molar-refractivity contribution < 1.29 is 8.42 Å². The van der Waals surface area contributed by atoms with E-state index in [9.17, 15) is 8.42 Å². The molecule has 0 aliphatic heterocycles. The van der Waals surface area contributed by atoms with E-state index in [-0.39, 0.29) is 4.90 Å². The first-order valence-electron chi connectivity index (χ1n) is 5.08. The Morgan fingerprint density at radius 2 is 1.94 bits per heavy atom. The van der Waals surface area contributed by atoms with Crippen LogP contribution in [0.4, 0.5) is 5.82 Å². The van der Waals surface area contributed by atoms with E-state index >= 15 is 0 Å². The molecule has 18 heavy (non-hydrogen) atoms. The summed E-state index contributed by atoms with van der Waals surface area (Å²) in [4.78, 5) is 0.246. The molecule has 0 atom stereocenters. The quantitative estimate of drug-likeness (QED) is 0.911. The largest absolute Gasteiger partial charge is 0.384 e. The lowest BCUT2D eigenvalue weighted by molar-refractivity contribution is 0.602. The molecule has 0 unspecified atom stereocenters. The van der Waals surface area contributed by atoms with Crippen LogP contribution < -0.4 is 5.73 Å². The molecule has 0 radical (unpaired) electrons. The maximum atomic E-state index is 11.6. The van der Waals surface area contributed by atoms with Gasteiger partial charge in [-0.15, -0.1) is 0 Å². The summed E-state index contributed by atoms with van der Waals surface area (Å²) >= 11 is 3.30. The highest BCUT2D eigenvalue weighted by molar-refractivity contribution is 9.10. The minimum Gasteiger partial charge on any atom is -0.384 e.